The van der Waals surface area contributed by atoms with E-state index in [4.69, 9.17) is 4.84 Å². The quantitative estimate of drug-likeness (QED) is 0.519. The monoisotopic (exact) mass is 188 g/mol. The van der Waals surface area contributed by atoms with Gasteiger partial charge >= 0.3 is 5.97 Å². The Morgan fingerprint density at radius 2 is 1.92 bits per heavy atom. The predicted molar refractivity (Wildman–Crippen MR) is 52.1 cm³/mol. The molecule has 13 heavy (non-hydrogen) atoms. The fourth-order valence-corrected chi connectivity index (χ4v) is 0.539. The summed E-state index contributed by atoms with van der Waals surface area (Å²) in [4.78, 5) is 18.1. The lowest BCUT2D eigenvalue weighted by atomic mass is 9.98. The number of hydrogen-bond acceptors (Lipinski definition) is 4. The molecule has 0 fully saturated rings. The standard InChI is InChI=1S/C9H20N2O2/c1-9(2,3)8(12)13-10-6-7-11(4)5/h10H,6-7H2,1-5H3. The second kappa shape index (κ2) is 5.19. The smallest absolute Gasteiger partial charge is 0.329 e. The van der Waals surface area contributed by atoms with E-state index in [0.29, 0.717) is 6.54 Å². The largest absolute Gasteiger partial charge is 0.370 e. The summed E-state index contributed by atoms with van der Waals surface area (Å²) in [5, 5.41) is 0. The first-order valence-corrected chi connectivity index (χ1v) is 4.43. The molecule has 0 saturated heterocycles. The van der Waals surface area contributed by atoms with Crippen LogP contribution in [0.25, 0.3) is 0 Å². The molecule has 1 N–H and O–H groups in total. The fourth-order valence-electron chi connectivity index (χ4n) is 0.539. The molecule has 4 heteroatoms. The Kier molecular flexibility index (Phi) is 4.95. The molecule has 0 aliphatic carbocycles. The van der Waals surface area contributed by atoms with Gasteiger partial charge in [-0.25, -0.2) is 4.79 Å². The summed E-state index contributed by atoms with van der Waals surface area (Å²) in [6, 6.07) is 0. The van der Waals surface area contributed by atoms with Crippen LogP contribution in [0.3, 0.4) is 0 Å². The van der Waals surface area contributed by atoms with Crippen LogP contribution in [0, 0.1) is 5.41 Å². The summed E-state index contributed by atoms with van der Waals surface area (Å²) in [5.74, 6) is -0.230. The molecule has 0 amide bonds. The third-order valence-electron chi connectivity index (χ3n) is 1.44. The summed E-state index contributed by atoms with van der Waals surface area (Å²) < 4.78 is 0. The van der Waals surface area contributed by atoms with E-state index < -0.39 is 5.41 Å². The van der Waals surface area contributed by atoms with Crippen molar-refractivity contribution in [2.45, 2.75) is 20.8 Å². The Hall–Kier alpha value is -0.610. The van der Waals surface area contributed by atoms with Crippen LogP contribution < -0.4 is 5.48 Å². The van der Waals surface area contributed by atoms with Crippen molar-refractivity contribution in [2.75, 3.05) is 27.2 Å². The maximum atomic E-state index is 11.2. The first kappa shape index (κ1) is 12.4. The minimum atomic E-state index is -0.439. The molecule has 0 unspecified atom stereocenters. The van der Waals surface area contributed by atoms with Gasteiger partial charge in [0.2, 0.25) is 0 Å². The first-order chi connectivity index (χ1) is 5.84. The van der Waals surface area contributed by atoms with E-state index >= 15 is 0 Å². The van der Waals surface area contributed by atoms with E-state index in [1.165, 1.54) is 0 Å². The summed E-state index contributed by atoms with van der Waals surface area (Å²) in [6.45, 7) is 6.96. The Morgan fingerprint density at radius 3 is 2.31 bits per heavy atom. The lowest BCUT2D eigenvalue weighted by Crippen LogP contribution is -2.33. The molecule has 0 atom stereocenters. The second-order valence-corrected chi connectivity index (χ2v) is 4.34. The van der Waals surface area contributed by atoms with Crippen LogP contribution in [0.4, 0.5) is 0 Å². The van der Waals surface area contributed by atoms with Crippen molar-refractivity contribution in [2.24, 2.45) is 5.41 Å². The fraction of sp³-hybridized carbons (Fsp3) is 0.889. The van der Waals surface area contributed by atoms with Gasteiger partial charge in [0.05, 0.1) is 5.41 Å². The molecule has 0 radical (unpaired) electrons. The van der Waals surface area contributed by atoms with Crippen LogP contribution in [0.1, 0.15) is 20.8 Å². The highest BCUT2D eigenvalue weighted by Crippen LogP contribution is 2.13. The molecular formula is C9H20N2O2. The highest BCUT2D eigenvalue weighted by Gasteiger charge is 2.23. The molecule has 0 rings (SSSR count). The molecule has 0 heterocycles. The average molecular weight is 188 g/mol. The lowest BCUT2D eigenvalue weighted by molar-refractivity contribution is -0.160. The van der Waals surface area contributed by atoms with Crippen molar-refractivity contribution in [3.63, 3.8) is 0 Å². The van der Waals surface area contributed by atoms with E-state index in [1.54, 1.807) is 0 Å². The van der Waals surface area contributed by atoms with E-state index in [1.807, 2.05) is 39.8 Å². The summed E-state index contributed by atoms with van der Waals surface area (Å²) >= 11 is 0. The van der Waals surface area contributed by atoms with Gasteiger partial charge in [0.1, 0.15) is 0 Å². The molecule has 0 aliphatic rings. The number of likely N-dealkylation sites (N-methyl/N-ethyl adjacent to an activating group) is 1. The number of hydrogen-bond donors (Lipinski definition) is 1. The molecule has 4 nitrogen and oxygen atoms in total. The summed E-state index contributed by atoms with van der Waals surface area (Å²) in [6.07, 6.45) is 0. The van der Waals surface area contributed by atoms with Gasteiger partial charge < -0.3 is 9.74 Å². The summed E-state index contributed by atoms with van der Waals surface area (Å²) in [5.41, 5.74) is 2.19. The summed E-state index contributed by atoms with van der Waals surface area (Å²) in [7, 11) is 3.93. The topological polar surface area (TPSA) is 41.6 Å². The van der Waals surface area contributed by atoms with Crippen molar-refractivity contribution in [3.8, 4) is 0 Å². The molecule has 0 aromatic carbocycles. The first-order valence-electron chi connectivity index (χ1n) is 4.43. The zero-order valence-corrected chi connectivity index (χ0v) is 9.18. The van der Waals surface area contributed by atoms with Gasteiger partial charge in [-0.15, -0.1) is 0 Å². The molecule has 78 valence electrons. The molecular weight excluding hydrogens is 168 g/mol. The van der Waals surface area contributed by atoms with Crippen molar-refractivity contribution < 1.29 is 9.63 Å². The van der Waals surface area contributed by atoms with Crippen LogP contribution in [0.15, 0.2) is 0 Å². The van der Waals surface area contributed by atoms with E-state index in [9.17, 15) is 4.79 Å². The van der Waals surface area contributed by atoms with Crippen LogP contribution >= 0.6 is 0 Å². The van der Waals surface area contributed by atoms with E-state index in [2.05, 4.69) is 5.48 Å². The Bertz CT molecular complexity index is 161. The van der Waals surface area contributed by atoms with Gasteiger partial charge in [0.15, 0.2) is 0 Å². The zero-order chi connectivity index (χ0) is 10.5. The van der Waals surface area contributed by atoms with Gasteiger partial charge in [-0.1, -0.05) is 0 Å². The Morgan fingerprint density at radius 1 is 1.38 bits per heavy atom. The van der Waals surface area contributed by atoms with Crippen LogP contribution in [-0.2, 0) is 9.63 Å². The maximum Gasteiger partial charge on any atom is 0.329 e. The van der Waals surface area contributed by atoms with Crippen molar-refractivity contribution in [1.29, 1.82) is 0 Å². The minimum Gasteiger partial charge on any atom is -0.370 e. The number of nitrogens with one attached hydrogen (secondary N) is 1. The highest BCUT2D eigenvalue weighted by molar-refractivity contribution is 5.75. The Labute approximate surface area is 80.2 Å². The predicted octanol–water partition coefficient (Wildman–Crippen LogP) is 0.642. The number of carbonyl (C=O) groups excluding carboxylic acids is 1. The van der Waals surface area contributed by atoms with Gasteiger partial charge in [-0.05, 0) is 34.9 Å². The SMILES string of the molecule is CN(C)CCNOC(=O)C(C)(C)C. The van der Waals surface area contributed by atoms with Crippen molar-refractivity contribution >= 4 is 5.97 Å². The lowest BCUT2D eigenvalue weighted by Gasteiger charge is -2.17. The average Bonchev–Trinajstić information content (AvgIpc) is 1.95. The maximum absolute atomic E-state index is 11.2. The normalized spacial score (nSPS) is 11.8. The third-order valence-corrected chi connectivity index (χ3v) is 1.44. The van der Waals surface area contributed by atoms with Crippen LogP contribution in [0.5, 0.6) is 0 Å². The van der Waals surface area contributed by atoms with Gasteiger partial charge in [-0.2, -0.15) is 5.48 Å². The molecule has 0 bridgehead atoms. The molecule has 0 aromatic rings. The molecule has 0 spiro atoms. The van der Waals surface area contributed by atoms with Crippen molar-refractivity contribution in [1.82, 2.24) is 10.4 Å². The second-order valence-electron chi connectivity index (χ2n) is 4.34. The van der Waals surface area contributed by atoms with Crippen LogP contribution in [0.2, 0.25) is 0 Å². The van der Waals surface area contributed by atoms with Crippen LogP contribution in [-0.4, -0.2) is 38.1 Å². The molecule has 0 aliphatic heterocycles. The van der Waals surface area contributed by atoms with Crippen molar-refractivity contribution in [3.05, 3.63) is 0 Å². The molecule has 0 aromatic heterocycles. The number of carbonyl (C=O) groups is 1. The minimum absolute atomic E-state index is 0.230. The van der Waals surface area contributed by atoms with E-state index in [-0.39, 0.29) is 5.97 Å². The van der Waals surface area contributed by atoms with Gasteiger partial charge in [0.25, 0.3) is 0 Å². The number of hydroxylamine groups is 1. The third kappa shape index (κ3) is 6.54. The Balaban J connectivity index is 3.49. The van der Waals surface area contributed by atoms with E-state index in [0.717, 1.165) is 6.54 Å². The number of nitrogens with zero attached hydrogens (tertiary/aromatic N) is 1. The van der Waals surface area contributed by atoms with Gasteiger partial charge in [0, 0.05) is 13.1 Å². The zero-order valence-electron chi connectivity index (χ0n) is 9.18. The highest BCUT2D eigenvalue weighted by atomic mass is 16.7. The van der Waals surface area contributed by atoms with Gasteiger partial charge in [-0.3, -0.25) is 0 Å². The molecule has 0 saturated carbocycles. The number of rotatable bonds is 4.